The number of aromatic amines is 1. The van der Waals surface area contributed by atoms with Crippen LogP contribution in [0.25, 0.3) is 10.9 Å². The minimum Gasteiger partial charge on any atom is -0.454 e. The van der Waals surface area contributed by atoms with Crippen LogP contribution in [0.5, 0.6) is 0 Å². The van der Waals surface area contributed by atoms with Gasteiger partial charge < -0.3 is 20.8 Å². The molecule has 4 N–H and O–H groups in total. The van der Waals surface area contributed by atoms with Gasteiger partial charge in [0.2, 0.25) is 0 Å². The molecule has 0 radical (unpaired) electrons. The van der Waals surface area contributed by atoms with Crippen LogP contribution in [0.1, 0.15) is 21.7 Å². The van der Waals surface area contributed by atoms with E-state index in [2.05, 4.69) is 15.3 Å². The Hall–Kier alpha value is -3.68. The Morgan fingerprint density at radius 3 is 2.62 bits per heavy atom. The molecule has 0 bridgehead atoms. The molecule has 132 valence electrons. The van der Waals surface area contributed by atoms with Crippen LogP contribution in [0.3, 0.4) is 0 Å². The van der Waals surface area contributed by atoms with Crippen molar-refractivity contribution in [1.29, 1.82) is 0 Å². The highest BCUT2D eigenvalue weighted by molar-refractivity contribution is 5.91. The number of urea groups is 1. The van der Waals surface area contributed by atoms with Gasteiger partial charge in [-0.3, -0.25) is 4.79 Å². The fraction of sp³-hybridized carbons (Fsp3) is 0.111. The largest absolute Gasteiger partial charge is 0.454 e. The van der Waals surface area contributed by atoms with Gasteiger partial charge in [0.25, 0.3) is 5.56 Å². The van der Waals surface area contributed by atoms with Crippen LogP contribution >= 0.6 is 0 Å². The van der Waals surface area contributed by atoms with Crippen molar-refractivity contribution in [3.05, 3.63) is 69.8 Å². The molecule has 0 saturated carbocycles. The van der Waals surface area contributed by atoms with Crippen LogP contribution in [-0.4, -0.2) is 22.0 Å². The minimum absolute atomic E-state index is 0.167. The van der Waals surface area contributed by atoms with Crippen LogP contribution in [-0.2, 0) is 11.3 Å². The van der Waals surface area contributed by atoms with Crippen molar-refractivity contribution in [3.63, 3.8) is 0 Å². The van der Waals surface area contributed by atoms with Gasteiger partial charge in [0.15, 0.2) is 0 Å². The van der Waals surface area contributed by atoms with E-state index in [-0.39, 0.29) is 18.0 Å². The van der Waals surface area contributed by atoms with Gasteiger partial charge in [-0.05, 0) is 42.8 Å². The lowest BCUT2D eigenvalue weighted by Crippen LogP contribution is -2.19. The number of amides is 2. The highest BCUT2D eigenvalue weighted by atomic mass is 16.5. The summed E-state index contributed by atoms with van der Waals surface area (Å²) >= 11 is 0. The highest BCUT2D eigenvalue weighted by Crippen LogP contribution is 2.13. The summed E-state index contributed by atoms with van der Waals surface area (Å²) in [6.45, 7) is 1.69. The number of aryl methyl sites for hydroxylation is 1. The first-order chi connectivity index (χ1) is 12.4. The molecule has 2 amide bonds. The predicted molar refractivity (Wildman–Crippen MR) is 95.9 cm³/mol. The van der Waals surface area contributed by atoms with Gasteiger partial charge in [-0.2, -0.15) is 0 Å². The van der Waals surface area contributed by atoms with Gasteiger partial charge in [0.1, 0.15) is 12.4 Å². The molecule has 0 saturated heterocycles. The Balaban J connectivity index is 1.73. The second kappa shape index (κ2) is 7.06. The number of nitrogens with zero attached hydrogens (tertiary/aromatic N) is 1. The summed E-state index contributed by atoms with van der Waals surface area (Å²) in [7, 11) is 0. The maximum absolute atomic E-state index is 12.1. The molecule has 3 aromatic rings. The van der Waals surface area contributed by atoms with E-state index in [0.29, 0.717) is 22.2 Å². The zero-order valence-electron chi connectivity index (χ0n) is 13.9. The van der Waals surface area contributed by atoms with Gasteiger partial charge in [-0.25, -0.2) is 14.6 Å². The summed E-state index contributed by atoms with van der Waals surface area (Å²) in [5, 5.41) is 2.88. The summed E-state index contributed by atoms with van der Waals surface area (Å²) in [6, 6.07) is 10.7. The number of nitrogens with two attached hydrogens (primary N) is 1. The number of aromatic nitrogens is 2. The molecule has 2 aromatic carbocycles. The lowest BCUT2D eigenvalue weighted by Gasteiger charge is -2.07. The molecule has 1 heterocycles. The number of anilines is 1. The molecule has 26 heavy (non-hydrogen) atoms. The van der Waals surface area contributed by atoms with E-state index in [1.807, 2.05) is 13.0 Å². The normalized spacial score (nSPS) is 10.5. The molecule has 0 spiro atoms. The molecule has 8 heteroatoms. The van der Waals surface area contributed by atoms with Crippen LogP contribution in [0.2, 0.25) is 0 Å². The standard InChI is InChI=1S/C18H16N4O4/c1-10-3-2-4-13-15(10)21-14(22-16(13)23)9-26-17(24)11-5-7-12(8-6-11)20-18(19)25/h2-8H,9H2,1H3,(H3,19,20,25)(H,21,22,23). The van der Waals surface area contributed by atoms with Crippen molar-refractivity contribution in [2.24, 2.45) is 5.73 Å². The first kappa shape index (κ1) is 17.2. The first-order valence-electron chi connectivity index (χ1n) is 7.76. The summed E-state index contributed by atoms with van der Waals surface area (Å²) in [4.78, 5) is 42.0. The van der Waals surface area contributed by atoms with E-state index in [1.165, 1.54) is 24.3 Å². The Morgan fingerprint density at radius 2 is 1.92 bits per heavy atom. The van der Waals surface area contributed by atoms with Crippen LogP contribution in [0, 0.1) is 6.92 Å². The number of carbonyl (C=O) groups excluding carboxylic acids is 2. The van der Waals surface area contributed by atoms with Crippen LogP contribution < -0.4 is 16.6 Å². The van der Waals surface area contributed by atoms with E-state index in [0.717, 1.165) is 5.56 Å². The van der Waals surface area contributed by atoms with Crippen molar-refractivity contribution >= 4 is 28.6 Å². The number of benzene rings is 2. The third-order valence-electron chi connectivity index (χ3n) is 3.72. The number of esters is 1. The Kier molecular flexibility index (Phi) is 4.66. The van der Waals surface area contributed by atoms with Crippen molar-refractivity contribution in [1.82, 2.24) is 9.97 Å². The second-order valence-corrected chi connectivity index (χ2v) is 5.63. The van der Waals surface area contributed by atoms with Crippen molar-refractivity contribution in [2.45, 2.75) is 13.5 Å². The lowest BCUT2D eigenvalue weighted by molar-refractivity contribution is 0.0462. The van der Waals surface area contributed by atoms with Crippen molar-refractivity contribution in [2.75, 3.05) is 5.32 Å². The summed E-state index contributed by atoms with van der Waals surface area (Å²) in [6.07, 6.45) is 0. The van der Waals surface area contributed by atoms with Crippen LogP contribution in [0.15, 0.2) is 47.3 Å². The average molecular weight is 352 g/mol. The number of hydrogen-bond acceptors (Lipinski definition) is 5. The van der Waals surface area contributed by atoms with E-state index in [9.17, 15) is 14.4 Å². The molecule has 0 fully saturated rings. The van der Waals surface area contributed by atoms with Gasteiger partial charge in [-0.1, -0.05) is 12.1 Å². The molecule has 1 aromatic heterocycles. The number of primary amides is 1. The zero-order valence-corrected chi connectivity index (χ0v) is 13.9. The van der Waals surface area contributed by atoms with Gasteiger partial charge in [0, 0.05) is 5.69 Å². The number of para-hydroxylation sites is 1. The number of carbonyl (C=O) groups is 2. The van der Waals surface area contributed by atoms with Gasteiger partial charge in [-0.15, -0.1) is 0 Å². The molecule has 0 atom stereocenters. The maximum Gasteiger partial charge on any atom is 0.338 e. The van der Waals surface area contributed by atoms with Gasteiger partial charge in [0.05, 0.1) is 16.5 Å². The molecule has 3 rings (SSSR count). The second-order valence-electron chi connectivity index (χ2n) is 5.63. The van der Waals surface area contributed by atoms with Crippen molar-refractivity contribution in [3.8, 4) is 0 Å². The van der Waals surface area contributed by atoms with Gasteiger partial charge >= 0.3 is 12.0 Å². The Labute approximate surface area is 148 Å². The maximum atomic E-state index is 12.1. The minimum atomic E-state index is -0.693. The molecular weight excluding hydrogens is 336 g/mol. The summed E-state index contributed by atoms with van der Waals surface area (Å²) in [5.41, 5.74) is 6.92. The van der Waals surface area contributed by atoms with E-state index in [4.69, 9.17) is 10.5 Å². The highest BCUT2D eigenvalue weighted by Gasteiger charge is 2.11. The topological polar surface area (TPSA) is 127 Å². The van der Waals surface area contributed by atoms with E-state index in [1.54, 1.807) is 12.1 Å². The summed E-state index contributed by atoms with van der Waals surface area (Å²) in [5.74, 6) is -0.319. The average Bonchev–Trinajstić information content (AvgIpc) is 2.61. The Bertz CT molecular complexity index is 1040. The molecular formula is C18H16N4O4. The van der Waals surface area contributed by atoms with Crippen LogP contribution in [0.4, 0.5) is 10.5 Å². The SMILES string of the molecule is Cc1cccc2c(=O)[nH]c(COC(=O)c3ccc(NC(N)=O)cc3)nc12. The molecule has 8 nitrogen and oxygen atoms in total. The monoisotopic (exact) mass is 352 g/mol. The summed E-state index contributed by atoms with van der Waals surface area (Å²) < 4.78 is 5.20. The number of fused-ring (bicyclic) bond motifs is 1. The quantitative estimate of drug-likeness (QED) is 0.620. The number of H-pyrrole nitrogens is 1. The lowest BCUT2D eigenvalue weighted by atomic mass is 10.1. The number of rotatable bonds is 4. The third-order valence-corrected chi connectivity index (χ3v) is 3.72. The number of nitrogens with one attached hydrogen (secondary N) is 2. The Morgan fingerprint density at radius 1 is 1.19 bits per heavy atom. The van der Waals surface area contributed by atoms with E-state index >= 15 is 0 Å². The smallest absolute Gasteiger partial charge is 0.338 e. The van der Waals surface area contributed by atoms with Crippen molar-refractivity contribution < 1.29 is 14.3 Å². The number of hydrogen-bond donors (Lipinski definition) is 3. The predicted octanol–water partition coefficient (Wildman–Crippen LogP) is 2.08. The molecule has 0 unspecified atom stereocenters. The van der Waals surface area contributed by atoms with E-state index < -0.39 is 12.0 Å². The molecule has 0 aliphatic rings. The first-order valence-corrected chi connectivity index (χ1v) is 7.76. The molecule has 0 aliphatic heterocycles. The molecule has 0 aliphatic carbocycles. The fourth-order valence-electron chi connectivity index (χ4n) is 2.47. The third kappa shape index (κ3) is 3.69. The zero-order chi connectivity index (χ0) is 18.7. The fourth-order valence-corrected chi connectivity index (χ4v) is 2.47. The number of ether oxygens (including phenoxy) is 1.